The topological polar surface area (TPSA) is 62.5 Å². The summed E-state index contributed by atoms with van der Waals surface area (Å²) in [7, 11) is 0. The predicted molar refractivity (Wildman–Crippen MR) is 105 cm³/mol. The van der Waals surface area contributed by atoms with Crippen molar-refractivity contribution in [2.45, 2.75) is 72.4 Å². The number of rotatable bonds is 5. The van der Waals surface area contributed by atoms with E-state index < -0.39 is 0 Å². The summed E-state index contributed by atoms with van der Waals surface area (Å²) < 4.78 is 5.29. The Hall–Kier alpha value is -0.790. The number of aryl methyl sites for hydroxylation is 1. The lowest BCUT2D eigenvalue weighted by Gasteiger charge is -2.35. The summed E-state index contributed by atoms with van der Waals surface area (Å²) in [6.45, 7) is 10.3. The largest absolute Gasteiger partial charge is 0.359 e. The number of halogens is 1. The van der Waals surface area contributed by atoms with E-state index in [1.54, 1.807) is 0 Å². The first-order valence-electron chi connectivity index (χ1n) is 8.51. The lowest BCUT2D eigenvalue weighted by atomic mass is 9.75. The maximum absolute atomic E-state index is 5.29. The number of hydrogen-bond acceptors (Lipinski definition) is 3. The average molecular weight is 434 g/mol. The average Bonchev–Trinajstić information content (AvgIpc) is 2.95. The van der Waals surface area contributed by atoms with E-state index in [4.69, 9.17) is 4.52 Å². The molecule has 2 N–H and O–H groups in total. The van der Waals surface area contributed by atoms with Gasteiger partial charge in [-0.2, -0.15) is 0 Å². The van der Waals surface area contributed by atoms with E-state index in [-0.39, 0.29) is 24.0 Å². The molecule has 1 aromatic rings. The van der Waals surface area contributed by atoms with E-state index in [2.05, 4.69) is 48.5 Å². The van der Waals surface area contributed by atoms with Gasteiger partial charge in [-0.3, -0.25) is 0 Å². The normalized spacial score (nSPS) is 18.3. The molecule has 0 aliphatic heterocycles. The van der Waals surface area contributed by atoms with Crippen molar-refractivity contribution in [1.29, 1.82) is 0 Å². The fourth-order valence-corrected chi connectivity index (χ4v) is 2.81. The summed E-state index contributed by atoms with van der Waals surface area (Å²) in [5, 5.41) is 10.9. The summed E-state index contributed by atoms with van der Waals surface area (Å²) in [4.78, 5) is 4.62. The van der Waals surface area contributed by atoms with Crippen LogP contribution in [0.2, 0.25) is 0 Å². The molecule has 23 heavy (non-hydrogen) atoms. The highest BCUT2D eigenvalue weighted by molar-refractivity contribution is 14.0. The Balaban J connectivity index is 0.00000264. The van der Waals surface area contributed by atoms with Gasteiger partial charge in [-0.15, -0.1) is 24.0 Å². The highest BCUT2D eigenvalue weighted by Gasteiger charge is 2.27. The van der Waals surface area contributed by atoms with Gasteiger partial charge < -0.3 is 15.2 Å². The predicted octanol–water partition coefficient (Wildman–Crippen LogP) is 3.88. The molecule has 1 aromatic heterocycles. The van der Waals surface area contributed by atoms with Crippen molar-refractivity contribution < 1.29 is 4.52 Å². The monoisotopic (exact) mass is 434 g/mol. The summed E-state index contributed by atoms with van der Waals surface area (Å²) in [5.74, 6) is 1.69. The second-order valence-corrected chi connectivity index (χ2v) is 6.92. The first kappa shape index (κ1) is 20.3. The van der Waals surface area contributed by atoms with Gasteiger partial charge in [-0.1, -0.05) is 25.9 Å². The fraction of sp³-hybridized carbons (Fsp3) is 0.765. The molecule has 0 unspecified atom stereocenters. The lowest BCUT2D eigenvalue weighted by molar-refractivity contribution is 0.216. The minimum atomic E-state index is 0. The molecule has 0 bridgehead atoms. The molecule has 0 amide bonds. The van der Waals surface area contributed by atoms with Crippen LogP contribution in [-0.4, -0.2) is 23.7 Å². The number of aromatic nitrogens is 1. The van der Waals surface area contributed by atoms with Gasteiger partial charge in [-0.25, -0.2) is 4.99 Å². The Morgan fingerprint density at radius 3 is 2.61 bits per heavy atom. The Morgan fingerprint density at radius 1 is 1.35 bits per heavy atom. The van der Waals surface area contributed by atoms with Gasteiger partial charge in [-0.05, 0) is 44.4 Å². The van der Waals surface area contributed by atoms with Crippen LogP contribution >= 0.6 is 24.0 Å². The molecule has 1 heterocycles. The molecule has 0 atom stereocenters. The molecule has 1 saturated carbocycles. The molecule has 5 nitrogen and oxygen atoms in total. The van der Waals surface area contributed by atoms with Crippen LogP contribution in [-0.2, 0) is 13.0 Å². The van der Waals surface area contributed by atoms with Crippen molar-refractivity contribution in [2.75, 3.05) is 6.54 Å². The Labute approximate surface area is 157 Å². The van der Waals surface area contributed by atoms with Gasteiger partial charge >= 0.3 is 0 Å². The molecular formula is C17H31IN4O. The van der Waals surface area contributed by atoms with Crippen molar-refractivity contribution in [3.8, 4) is 0 Å². The van der Waals surface area contributed by atoms with Crippen LogP contribution in [0.15, 0.2) is 15.6 Å². The third-order valence-corrected chi connectivity index (χ3v) is 4.39. The van der Waals surface area contributed by atoms with E-state index in [1.807, 2.05) is 6.07 Å². The van der Waals surface area contributed by atoms with Gasteiger partial charge in [0.05, 0.1) is 5.69 Å². The van der Waals surface area contributed by atoms with Gasteiger partial charge in [0, 0.05) is 18.7 Å². The Kier molecular flexibility index (Phi) is 8.36. The number of nitrogens with one attached hydrogen (secondary N) is 2. The molecule has 6 heteroatoms. The molecule has 0 aromatic carbocycles. The molecule has 0 radical (unpaired) electrons. The minimum absolute atomic E-state index is 0. The molecule has 0 saturated heterocycles. The maximum atomic E-state index is 5.29. The van der Waals surface area contributed by atoms with E-state index in [0.717, 1.165) is 30.4 Å². The molecular weight excluding hydrogens is 403 g/mol. The molecule has 132 valence electrons. The van der Waals surface area contributed by atoms with E-state index >= 15 is 0 Å². The van der Waals surface area contributed by atoms with Gasteiger partial charge in [0.15, 0.2) is 11.7 Å². The first-order chi connectivity index (χ1) is 10.5. The van der Waals surface area contributed by atoms with E-state index in [1.165, 1.54) is 25.7 Å². The third-order valence-electron chi connectivity index (χ3n) is 4.39. The molecule has 1 aliphatic rings. The highest BCUT2D eigenvalue weighted by Crippen LogP contribution is 2.34. The maximum Gasteiger partial charge on any atom is 0.191 e. The summed E-state index contributed by atoms with van der Waals surface area (Å²) in [6.07, 6.45) is 5.85. The Morgan fingerprint density at radius 2 is 2.04 bits per heavy atom. The van der Waals surface area contributed by atoms with Crippen LogP contribution < -0.4 is 10.6 Å². The van der Waals surface area contributed by atoms with Gasteiger partial charge in [0.25, 0.3) is 0 Å². The minimum Gasteiger partial charge on any atom is -0.359 e. The van der Waals surface area contributed by atoms with Crippen molar-refractivity contribution >= 4 is 29.9 Å². The third kappa shape index (κ3) is 6.69. The standard InChI is InChI=1S/C17H30N4O.HI/c1-5-13-11-15(22-21-13)12-19-16(18-6-2)20-14-7-9-17(3,4)10-8-14;/h11,14H,5-10,12H2,1-4H3,(H2,18,19,20);1H. The van der Waals surface area contributed by atoms with Crippen molar-refractivity contribution in [3.63, 3.8) is 0 Å². The summed E-state index contributed by atoms with van der Waals surface area (Å²) >= 11 is 0. The zero-order chi connectivity index (χ0) is 16.0. The summed E-state index contributed by atoms with van der Waals surface area (Å²) in [6, 6.07) is 2.50. The number of aliphatic imine (C=N–C) groups is 1. The van der Waals surface area contributed by atoms with Crippen LogP contribution in [0.4, 0.5) is 0 Å². The molecule has 0 spiro atoms. The van der Waals surface area contributed by atoms with Crippen LogP contribution in [0.1, 0.15) is 64.8 Å². The van der Waals surface area contributed by atoms with Crippen LogP contribution in [0.5, 0.6) is 0 Å². The van der Waals surface area contributed by atoms with Gasteiger partial charge in [0.1, 0.15) is 6.54 Å². The van der Waals surface area contributed by atoms with Crippen LogP contribution in [0.25, 0.3) is 0 Å². The zero-order valence-electron chi connectivity index (χ0n) is 14.8. The lowest BCUT2D eigenvalue weighted by Crippen LogP contribution is -2.45. The molecule has 1 fully saturated rings. The number of nitrogens with zero attached hydrogens (tertiary/aromatic N) is 2. The highest BCUT2D eigenvalue weighted by atomic mass is 127. The first-order valence-corrected chi connectivity index (χ1v) is 8.51. The SMILES string of the molecule is CCNC(=NCc1cc(CC)no1)NC1CCC(C)(C)CC1.I. The summed E-state index contributed by atoms with van der Waals surface area (Å²) in [5.41, 5.74) is 1.47. The van der Waals surface area contributed by atoms with Crippen molar-refractivity contribution in [1.82, 2.24) is 15.8 Å². The second-order valence-electron chi connectivity index (χ2n) is 6.92. The van der Waals surface area contributed by atoms with Crippen LogP contribution in [0.3, 0.4) is 0 Å². The Bertz CT molecular complexity index is 489. The fourth-order valence-electron chi connectivity index (χ4n) is 2.81. The van der Waals surface area contributed by atoms with Gasteiger partial charge in [0.2, 0.25) is 0 Å². The number of hydrogen-bond donors (Lipinski definition) is 2. The number of guanidine groups is 1. The molecule has 1 aliphatic carbocycles. The molecule has 2 rings (SSSR count). The van der Waals surface area contributed by atoms with E-state index in [0.29, 0.717) is 18.0 Å². The zero-order valence-corrected chi connectivity index (χ0v) is 17.1. The van der Waals surface area contributed by atoms with Crippen molar-refractivity contribution in [2.24, 2.45) is 10.4 Å². The second kappa shape index (κ2) is 9.49. The smallest absolute Gasteiger partial charge is 0.191 e. The van der Waals surface area contributed by atoms with Crippen LogP contribution in [0, 0.1) is 5.41 Å². The van der Waals surface area contributed by atoms with Crippen molar-refractivity contribution in [3.05, 3.63) is 17.5 Å². The quantitative estimate of drug-likeness (QED) is 0.420. The van der Waals surface area contributed by atoms with E-state index in [9.17, 15) is 0 Å².